The van der Waals surface area contributed by atoms with Gasteiger partial charge in [-0.25, -0.2) is 9.97 Å². The lowest BCUT2D eigenvalue weighted by Crippen LogP contribution is -2.39. The van der Waals surface area contributed by atoms with Crippen molar-refractivity contribution in [3.8, 4) is 0 Å². The molecule has 1 aliphatic carbocycles. The SMILES string of the molecule is CCCC[C@](C)(CO)Nc1nc(N)nc2cc(C(=O)C3CC3)cnc12. The number of nitrogens with zero attached hydrogens (tertiary/aromatic N) is 3. The van der Waals surface area contributed by atoms with E-state index in [0.717, 1.165) is 32.1 Å². The van der Waals surface area contributed by atoms with Crippen LogP contribution in [-0.2, 0) is 0 Å². The number of aliphatic hydroxyl groups excluding tert-OH is 1. The highest BCUT2D eigenvalue weighted by molar-refractivity contribution is 6.01. The van der Waals surface area contributed by atoms with E-state index in [9.17, 15) is 9.90 Å². The van der Waals surface area contributed by atoms with Crippen molar-refractivity contribution in [1.29, 1.82) is 0 Å². The van der Waals surface area contributed by atoms with Gasteiger partial charge in [0.25, 0.3) is 0 Å². The normalized spacial score (nSPS) is 16.6. The van der Waals surface area contributed by atoms with Gasteiger partial charge in [-0.15, -0.1) is 0 Å². The number of Topliss-reactive ketones (excluding diaryl/α,β-unsaturated/α-hetero) is 1. The van der Waals surface area contributed by atoms with Gasteiger partial charge in [-0.3, -0.25) is 4.79 Å². The number of aliphatic hydroxyl groups is 1. The number of carbonyl (C=O) groups excluding carboxylic acids is 1. The van der Waals surface area contributed by atoms with Gasteiger partial charge in [0.2, 0.25) is 5.95 Å². The minimum Gasteiger partial charge on any atom is -0.394 e. The topological polar surface area (TPSA) is 114 Å². The van der Waals surface area contributed by atoms with Gasteiger partial charge in [0, 0.05) is 17.7 Å². The molecule has 0 spiro atoms. The molecule has 1 aliphatic rings. The Morgan fingerprint density at radius 2 is 2.20 bits per heavy atom. The Bertz CT molecular complexity index is 790. The second-order valence-electron chi connectivity index (χ2n) is 7.11. The molecule has 4 N–H and O–H groups in total. The smallest absolute Gasteiger partial charge is 0.222 e. The number of nitrogen functional groups attached to an aromatic ring is 1. The Balaban J connectivity index is 1.95. The highest BCUT2D eigenvalue weighted by Gasteiger charge is 2.31. The van der Waals surface area contributed by atoms with Crippen LogP contribution in [0.2, 0.25) is 0 Å². The minimum atomic E-state index is -0.520. The van der Waals surface area contributed by atoms with Crippen molar-refractivity contribution < 1.29 is 9.90 Å². The Hall–Kier alpha value is -2.28. The number of nitrogens with one attached hydrogen (secondary N) is 1. The van der Waals surface area contributed by atoms with Crippen LogP contribution in [0.15, 0.2) is 12.3 Å². The van der Waals surface area contributed by atoms with E-state index in [0.29, 0.717) is 22.4 Å². The molecule has 0 unspecified atom stereocenters. The molecule has 134 valence electrons. The molecular weight excluding hydrogens is 318 g/mol. The number of carbonyl (C=O) groups is 1. The molecule has 1 atom stereocenters. The highest BCUT2D eigenvalue weighted by atomic mass is 16.3. The van der Waals surface area contributed by atoms with E-state index in [4.69, 9.17) is 5.73 Å². The average molecular weight is 343 g/mol. The van der Waals surface area contributed by atoms with E-state index in [1.54, 1.807) is 12.3 Å². The maximum Gasteiger partial charge on any atom is 0.222 e. The van der Waals surface area contributed by atoms with E-state index >= 15 is 0 Å². The standard InChI is InChI=1S/C18H25N5O2/c1-3-4-7-18(2,10-24)23-16-14-13(21-17(19)22-16)8-12(9-20-14)15(25)11-5-6-11/h8-9,11,24H,3-7,10H2,1-2H3,(H3,19,21,22,23)/t18-/m1/s1. The average Bonchev–Trinajstić information content (AvgIpc) is 3.43. The number of unbranched alkanes of at least 4 members (excludes halogenated alkanes) is 1. The van der Waals surface area contributed by atoms with Crippen LogP contribution in [0.4, 0.5) is 11.8 Å². The Morgan fingerprint density at radius 3 is 2.84 bits per heavy atom. The molecule has 1 fully saturated rings. The van der Waals surface area contributed by atoms with Crippen molar-refractivity contribution in [2.75, 3.05) is 17.7 Å². The monoisotopic (exact) mass is 343 g/mol. The number of ketones is 1. The predicted octanol–water partition coefficient (Wildman–Crippen LogP) is 2.55. The number of nitrogens with two attached hydrogens (primary N) is 1. The van der Waals surface area contributed by atoms with Crippen LogP contribution in [0, 0.1) is 5.92 Å². The molecule has 7 heteroatoms. The fourth-order valence-corrected chi connectivity index (χ4v) is 2.87. The summed E-state index contributed by atoms with van der Waals surface area (Å²) in [6, 6.07) is 1.73. The fourth-order valence-electron chi connectivity index (χ4n) is 2.87. The zero-order chi connectivity index (χ0) is 18.0. The van der Waals surface area contributed by atoms with Gasteiger partial charge in [-0.05, 0) is 32.3 Å². The number of rotatable bonds is 8. The van der Waals surface area contributed by atoms with E-state index in [2.05, 4.69) is 27.2 Å². The quantitative estimate of drug-likeness (QED) is 0.631. The van der Waals surface area contributed by atoms with E-state index < -0.39 is 5.54 Å². The lowest BCUT2D eigenvalue weighted by Gasteiger charge is -2.29. The first-order chi connectivity index (χ1) is 12.0. The third kappa shape index (κ3) is 3.87. The first-order valence-electron chi connectivity index (χ1n) is 8.82. The summed E-state index contributed by atoms with van der Waals surface area (Å²) in [7, 11) is 0. The molecule has 2 aromatic rings. The van der Waals surface area contributed by atoms with E-state index in [1.807, 2.05) is 6.92 Å². The summed E-state index contributed by atoms with van der Waals surface area (Å²) in [5, 5.41) is 13.1. The first-order valence-corrected chi connectivity index (χ1v) is 8.82. The lowest BCUT2D eigenvalue weighted by atomic mass is 9.96. The molecule has 2 heterocycles. The van der Waals surface area contributed by atoms with Crippen LogP contribution in [0.25, 0.3) is 11.0 Å². The van der Waals surface area contributed by atoms with E-state index in [-0.39, 0.29) is 24.3 Å². The molecule has 0 bridgehead atoms. The van der Waals surface area contributed by atoms with Crippen LogP contribution < -0.4 is 11.1 Å². The van der Waals surface area contributed by atoms with Gasteiger partial charge >= 0.3 is 0 Å². The minimum absolute atomic E-state index is 0.0311. The number of pyridine rings is 1. The molecule has 0 amide bonds. The van der Waals surface area contributed by atoms with Crippen LogP contribution in [0.3, 0.4) is 0 Å². The van der Waals surface area contributed by atoms with Crippen molar-refractivity contribution in [3.63, 3.8) is 0 Å². The summed E-state index contributed by atoms with van der Waals surface area (Å²) in [5.41, 5.74) is 6.98. The summed E-state index contributed by atoms with van der Waals surface area (Å²) in [4.78, 5) is 25.1. The number of fused-ring (bicyclic) bond motifs is 1. The maximum atomic E-state index is 12.3. The molecule has 0 aromatic carbocycles. The number of aromatic nitrogens is 3. The first kappa shape index (κ1) is 17.5. The molecule has 2 aromatic heterocycles. The van der Waals surface area contributed by atoms with Gasteiger partial charge in [-0.2, -0.15) is 4.98 Å². The Kier molecular flexibility index (Phi) is 4.85. The van der Waals surface area contributed by atoms with Crippen molar-refractivity contribution in [3.05, 3.63) is 17.8 Å². The van der Waals surface area contributed by atoms with Gasteiger partial charge in [0.05, 0.1) is 17.7 Å². The molecule has 25 heavy (non-hydrogen) atoms. The van der Waals surface area contributed by atoms with Gasteiger partial charge in [-0.1, -0.05) is 19.8 Å². The molecule has 3 rings (SSSR count). The second kappa shape index (κ2) is 6.92. The Labute approximate surface area is 147 Å². The van der Waals surface area contributed by atoms with E-state index in [1.165, 1.54) is 0 Å². The van der Waals surface area contributed by atoms with Gasteiger partial charge < -0.3 is 16.2 Å². The third-order valence-electron chi connectivity index (χ3n) is 4.64. The molecule has 0 radical (unpaired) electrons. The molecule has 0 saturated heterocycles. The molecule has 0 aliphatic heterocycles. The van der Waals surface area contributed by atoms with Gasteiger partial charge in [0.15, 0.2) is 11.6 Å². The largest absolute Gasteiger partial charge is 0.394 e. The van der Waals surface area contributed by atoms with Crippen LogP contribution in [0.1, 0.15) is 56.3 Å². The summed E-state index contributed by atoms with van der Waals surface area (Å²) >= 11 is 0. The van der Waals surface area contributed by atoms with Crippen molar-refractivity contribution >= 4 is 28.6 Å². The highest BCUT2D eigenvalue weighted by Crippen LogP contribution is 2.33. The summed E-state index contributed by atoms with van der Waals surface area (Å²) in [6.07, 6.45) is 6.29. The van der Waals surface area contributed by atoms with Crippen molar-refractivity contribution in [1.82, 2.24) is 15.0 Å². The van der Waals surface area contributed by atoms with Crippen LogP contribution >= 0.6 is 0 Å². The van der Waals surface area contributed by atoms with Crippen LogP contribution in [0.5, 0.6) is 0 Å². The predicted molar refractivity (Wildman–Crippen MR) is 97.4 cm³/mol. The number of hydrogen-bond acceptors (Lipinski definition) is 7. The van der Waals surface area contributed by atoms with Gasteiger partial charge in [0.1, 0.15) is 5.52 Å². The lowest BCUT2D eigenvalue weighted by molar-refractivity contribution is 0.0967. The number of hydrogen-bond donors (Lipinski definition) is 3. The zero-order valence-electron chi connectivity index (χ0n) is 14.7. The van der Waals surface area contributed by atoms with Crippen molar-refractivity contribution in [2.24, 2.45) is 5.92 Å². The molecule has 1 saturated carbocycles. The third-order valence-corrected chi connectivity index (χ3v) is 4.64. The summed E-state index contributed by atoms with van der Waals surface area (Å²) in [5.74, 6) is 0.844. The van der Waals surface area contributed by atoms with Crippen molar-refractivity contribution in [2.45, 2.75) is 51.5 Å². The Morgan fingerprint density at radius 1 is 1.44 bits per heavy atom. The molecular formula is C18H25N5O2. The summed E-state index contributed by atoms with van der Waals surface area (Å²) < 4.78 is 0. The molecule has 7 nitrogen and oxygen atoms in total. The summed E-state index contributed by atoms with van der Waals surface area (Å²) in [6.45, 7) is 4.02. The maximum absolute atomic E-state index is 12.3. The number of anilines is 2. The van der Waals surface area contributed by atoms with Crippen LogP contribution in [-0.4, -0.2) is 38.0 Å². The fraction of sp³-hybridized carbons (Fsp3) is 0.556. The zero-order valence-corrected chi connectivity index (χ0v) is 14.7. The second-order valence-corrected chi connectivity index (χ2v) is 7.11.